The Labute approximate surface area is 166 Å². The number of rotatable bonds is 4. The number of nitrogens with zero attached hydrogens (tertiary/aromatic N) is 2. The molecule has 1 aromatic heterocycles. The van der Waals surface area contributed by atoms with Gasteiger partial charge < -0.3 is 5.32 Å². The van der Waals surface area contributed by atoms with Gasteiger partial charge in [0.05, 0.1) is 11.4 Å². The van der Waals surface area contributed by atoms with E-state index < -0.39 is 0 Å². The molecule has 0 saturated heterocycles. The van der Waals surface area contributed by atoms with E-state index in [1.54, 1.807) is 0 Å². The summed E-state index contributed by atoms with van der Waals surface area (Å²) < 4.78 is 1.90. The molecule has 0 unspecified atom stereocenters. The van der Waals surface area contributed by atoms with Crippen molar-refractivity contribution in [3.8, 4) is 16.9 Å². The van der Waals surface area contributed by atoms with Crippen LogP contribution in [-0.4, -0.2) is 21.7 Å². The van der Waals surface area contributed by atoms with Crippen molar-refractivity contribution in [1.29, 1.82) is 0 Å². The van der Waals surface area contributed by atoms with Crippen LogP contribution in [0.15, 0.2) is 54.6 Å². The van der Waals surface area contributed by atoms with Gasteiger partial charge in [-0.25, -0.2) is 4.68 Å². The average Bonchev–Trinajstić information content (AvgIpc) is 3.15. The fraction of sp³-hybridized carbons (Fsp3) is 0.333. The first-order valence-electron chi connectivity index (χ1n) is 10.2. The Morgan fingerprint density at radius 1 is 1.00 bits per heavy atom. The summed E-state index contributed by atoms with van der Waals surface area (Å²) in [5, 5.41) is 7.90. The molecule has 1 N–H and O–H groups in total. The van der Waals surface area contributed by atoms with Gasteiger partial charge >= 0.3 is 0 Å². The number of para-hydroxylation sites is 1. The number of aromatic nitrogens is 2. The molecule has 4 nitrogen and oxygen atoms in total. The number of hydrogen-bond acceptors (Lipinski definition) is 2. The van der Waals surface area contributed by atoms with Gasteiger partial charge in [-0.05, 0) is 44.4 Å². The number of amides is 1. The van der Waals surface area contributed by atoms with Crippen molar-refractivity contribution in [2.75, 3.05) is 0 Å². The molecule has 1 saturated carbocycles. The lowest BCUT2D eigenvalue weighted by Gasteiger charge is -2.22. The van der Waals surface area contributed by atoms with E-state index in [4.69, 9.17) is 5.10 Å². The molecule has 1 fully saturated rings. The number of aryl methyl sites for hydroxylation is 2. The van der Waals surface area contributed by atoms with Crippen LogP contribution in [0, 0.1) is 13.8 Å². The van der Waals surface area contributed by atoms with E-state index in [9.17, 15) is 4.79 Å². The van der Waals surface area contributed by atoms with Crippen LogP contribution in [0.2, 0.25) is 0 Å². The number of hydrogen-bond donors (Lipinski definition) is 1. The number of carbonyl (C=O) groups is 1. The first-order chi connectivity index (χ1) is 13.6. The normalized spacial score (nSPS) is 14.8. The van der Waals surface area contributed by atoms with Crippen molar-refractivity contribution in [3.63, 3.8) is 0 Å². The molecule has 3 aromatic rings. The van der Waals surface area contributed by atoms with Gasteiger partial charge in [0.25, 0.3) is 5.91 Å². The van der Waals surface area contributed by atoms with Crippen LogP contribution in [0.1, 0.15) is 53.7 Å². The van der Waals surface area contributed by atoms with Crippen molar-refractivity contribution < 1.29 is 4.79 Å². The molecule has 0 aliphatic heterocycles. The molecule has 0 radical (unpaired) electrons. The minimum atomic E-state index is -0.0763. The summed E-state index contributed by atoms with van der Waals surface area (Å²) in [6.07, 6.45) is 5.78. The second-order valence-corrected chi connectivity index (χ2v) is 7.79. The number of nitrogens with one attached hydrogen (secondary N) is 1. The topological polar surface area (TPSA) is 46.9 Å². The van der Waals surface area contributed by atoms with Crippen molar-refractivity contribution in [2.24, 2.45) is 0 Å². The van der Waals surface area contributed by atoms with Gasteiger partial charge in [-0.15, -0.1) is 0 Å². The Bertz CT molecular complexity index is 966. The predicted molar refractivity (Wildman–Crippen MR) is 113 cm³/mol. The van der Waals surface area contributed by atoms with Gasteiger partial charge in [-0.1, -0.05) is 67.3 Å². The van der Waals surface area contributed by atoms with Crippen LogP contribution < -0.4 is 5.32 Å². The maximum Gasteiger partial charge on any atom is 0.272 e. The summed E-state index contributed by atoms with van der Waals surface area (Å²) in [5.74, 6) is -0.0763. The van der Waals surface area contributed by atoms with E-state index in [-0.39, 0.29) is 11.9 Å². The molecule has 1 aliphatic rings. The summed E-state index contributed by atoms with van der Waals surface area (Å²) in [6, 6.07) is 18.7. The predicted octanol–water partition coefficient (Wildman–Crippen LogP) is 5.22. The first-order valence-corrected chi connectivity index (χ1v) is 10.2. The van der Waals surface area contributed by atoms with Gasteiger partial charge in [-0.2, -0.15) is 5.10 Å². The zero-order chi connectivity index (χ0) is 19.5. The quantitative estimate of drug-likeness (QED) is 0.682. The van der Waals surface area contributed by atoms with Gasteiger partial charge in [-0.3, -0.25) is 4.79 Å². The lowest BCUT2D eigenvalue weighted by Crippen LogP contribution is -2.36. The Hall–Kier alpha value is -2.88. The van der Waals surface area contributed by atoms with Crippen LogP contribution in [0.4, 0.5) is 0 Å². The van der Waals surface area contributed by atoms with Crippen molar-refractivity contribution in [3.05, 3.63) is 71.4 Å². The zero-order valence-electron chi connectivity index (χ0n) is 16.6. The summed E-state index contributed by atoms with van der Waals surface area (Å²) in [7, 11) is 0. The molecule has 4 rings (SSSR count). The highest BCUT2D eigenvalue weighted by molar-refractivity contribution is 5.93. The summed E-state index contributed by atoms with van der Waals surface area (Å²) in [4.78, 5) is 12.9. The lowest BCUT2D eigenvalue weighted by molar-refractivity contribution is 0.0922. The van der Waals surface area contributed by atoms with E-state index in [0.717, 1.165) is 35.3 Å². The standard InChI is InChI=1S/C24H27N3O/c1-17-12-14-19(15-13-17)23-16-21(24(28)25-20-9-4-3-5-10-20)26-27(23)22-11-7-6-8-18(22)2/h6-8,11-16,20H,3-5,9-10H2,1-2H3,(H,25,28). The van der Waals surface area contributed by atoms with Gasteiger partial charge in [0, 0.05) is 11.6 Å². The van der Waals surface area contributed by atoms with E-state index in [1.165, 1.54) is 24.8 Å². The maximum atomic E-state index is 12.9. The largest absolute Gasteiger partial charge is 0.348 e. The Kier molecular flexibility index (Phi) is 5.29. The minimum absolute atomic E-state index is 0.0763. The highest BCUT2D eigenvalue weighted by atomic mass is 16.2. The number of benzene rings is 2. The van der Waals surface area contributed by atoms with Crippen LogP contribution in [0.3, 0.4) is 0 Å². The average molecular weight is 374 g/mol. The first kappa shape index (κ1) is 18.5. The third-order valence-corrected chi connectivity index (χ3v) is 5.57. The molecule has 0 bridgehead atoms. The lowest BCUT2D eigenvalue weighted by atomic mass is 9.95. The second-order valence-electron chi connectivity index (χ2n) is 7.79. The Morgan fingerprint density at radius 2 is 1.71 bits per heavy atom. The minimum Gasteiger partial charge on any atom is -0.348 e. The molecular weight excluding hydrogens is 346 g/mol. The molecule has 144 valence electrons. The SMILES string of the molecule is Cc1ccc(-c2cc(C(=O)NC3CCCCC3)nn2-c2ccccc2C)cc1. The van der Waals surface area contributed by atoms with Crippen molar-refractivity contribution in [2.45, 2.75) is 52.0 Å². The van der Waals surface area contributed by atoms with Gasteiger partial charge in [0.1, 0.15) is 0 Å². The monoisotopic (exact) mass is 373 g/mol. The highest BCUT2D eigenvalue weighted by Gasteiger charge is 2.21. The summed E-state index contributed by atoms with van der Waals surface area (Å²) >= 11 is 0. The summed E-state index contributed by atoms with van der Waals surface area (Å²) in [5.41, 5.74) is 5.79. The molecule has 0 spiro atoms. The molecule has 0 atom stereocenters. The highest BCUT2D eigenvalue weighted by Crippen LogP contribution is 2.26. The van der Waals surface area contributed by atoms with E-state index >= 15 is 0 Å². The van der Waals surface area contributed by atoms with Crippen LogP contribution in [0.25, 0.3) is 16.9 Å². The molecule has 2 aromatic carbocycles. The Balaban J connectivity index is 1.72. The van der Waals surface area contributed by atoms with E-state index in [1.807, 2.05) is 28.9 Å². The zero-order valence-corrected chi connectivity index (χ0v) is 16.6. The van der Waals surface area contributed by atoms with E-state index in [2.05, 4.69) is 49.5 Å². The smallest absolute Gasteiger partial charge is 0.272 e. The van der Waals surface area contributed by atoms with E-state index in [0.29, 0.717) is 5.69 Å². The number of carbonyl (C=O) groups excluding carboxylic acids is 1. The van der Waals surface area contributed by atoms with Crippen molar-refractivity contribution >= 4 is 5.91 Å². The third kappa shape index (κ3) is 3.86. The third-order valence-electron chi connectivity index (χ3n) is 5.57. The van der Waals surface area contributed by atoms with Crippen molar-refractivity contribution in [1.82, 2.24) is 15.1 Å². The molecule has 1 amide bonds. The Morgan fingerprint density at radius 3 is 2.43 bits per heavy atom. The molecular formula is C24H27N3O. The van der Waals surface area contributed by atoms with Gasteiger partial charge in [0.15, 0.2) is 5.69 Å². The molecule has 1 heterocycles. The fourth-order valence-electron chi connectivity index (χ4n) is 3.91. The van der Waals surface area contributed by atoms with Crippen LogP contribution in [-0.2, 0) is 0 Å². The second kappa shape index (κ2) is 8.01. The molecule has 4 heteroatoms. The fourth-order valence-corrected chi connectivity index (χ4v) is 3.91. The molecule has 1 aliphatic carbocycles. The van der Waals surface area contributed by atoms with Crippen LogP contribution in [0.5, 0.6) is 0 Å². The maximum absolute atomic E-state index is 12.9. The summed E-state index contributed by atoms with van der Waals surface area (Å²) in [6.45, 7) is 4.14. The van der Waals surface area contributed by atoms with Crippen LogP contribution >= 0.6 is 0 Å². The molecule has 28 heavy (non-hydrogen) atoms. The van der Waals surface area contributed by atoms with Gasteiger partial charge in [0.2, 0.25) is 0 Å².